The first-order chi connectivity index (χ1) is 9.36. The fraction of sp³-hybridized carbons (Fsp3) is 0. The lowest BCUT2D eigenvalue weighted by atomic mass is 9.95. The fourth-order valence-electron chi connectivity index (χ4n) is 2.12. The lowest BCUT2D eigenvalue weighted by Gasteiger charge is -2.11. The van der Waals surface area contributed by atoms with Crippen molar-refractivity contribution in [2.45, 2.75) is 0 Å². The third-order valence-electron chi connectivity index (χ3n) is 2.97. The van der Waals surface area contributed by atoms with Gasteiger partial charge in [-0.15, -0.1) is 0 Å². The van der Waals surface area contributed by atoms with Crippen LogP contribution < -0.4 is 0 Å². The van der Waals surface area contributed by atoms with Crippen LogP contribution >= 0.6 is 0 Å². The molecule has 0 atom stereocenters. The van der Waals surface area contributed by atoms with Crippen molar-refractivity contribution in [2.24, 2.45) is 0 Å². The summed E-state index contributed by atoms with van der Waals surface area (Å²) in [5, 5.41) is 10.2. The number of phenols is 1. The molecule has 3 nitrogen and oxygen atoms in total. The normalized spacial score (nSPS) is 10.3. The summed E-state index contributed by atoms with van der Waals surface area (Å²) in [6.45, 7) is 0. The van der Waals surface area contributed by atoms with Gasteiger partial charge in [0.15, 0.2) is 0 Å². The van der Waals surface area contributed by atoms with Crippen molar-refractivity contribution in [3.63, 3.8) is 0 Å². The van der Waals surface area contributed by atoms with Crippen molar-refractivity contribution in [3.05, 3.63) is 67.3 Å². The molecular weight excluding hydrogens is 236 g/mol. The van der Waals surface area contributed by atoms with Gasteiger partial charge in [0, 0.05) is 41.5 Å². The molecule has 92 valence electrons. The molecule has 3 rings (SSSR count). The Balaban J connectivity index is 2.25. The topological polar surface area (TPSA) is 46.0 Å². The van der Waals surface area contributed by atoms with Crippen molar-refractivity contribution in [2.75, 3.05) is 0 Å². The molecule has 1 aromatic carbocycles. The predicted molar refractivity (Wildman–Crippen MR) is 74.6 cm³/mol. The Hall–Kier alpha value is -2.68. The summed E-state index contributed by atoms with van der Waals surface area (Å²) in [7, 11) is 0. The Kier molecular flexibility index (Phi) is 2.94. The zero-order valence-corrected chi connectivity index (χ0v) is 10.2. The van der Waals surface area contributed by atoms with E-state index in [4.69, 9.17) is 0 Å². The molecule has 0 amide bonds. The summed E-state index contributed by atoms with van der Waals surface area (Å²) in [6.07, 6.45) is 6.98. The van der Waals surface area contributed by atoms with Crippen LogP contribution in [0.2, 0.25) is 0 Å². The minimum atomic E-state index is 0.245. The molecule has 3 heteroatoms. The number of hydrogen-bond acceptors (Lipinski definition) is 3. The number of benzene rings is 1. The molecule has 3 aromatic rings. The maximum absolute atomic E-state index is 10.2. The van der Waals surface area contributed by atoms with E-state index in [0.717, 1.165) is 22.3 Å². The molecule has 0 radical (unpaired) electrons. The van der Waals surface area contributed by atoms with Gasteiger partial charge in [0.25, 0.3) is 0 Å². The van der Waals surface area contributed by atoms with Gasteiger partial charge >= 0.3 is 0 Å². The second-order valence-electron chi connectivity index (χ2n) is 4.18. The third kappa shape index (κ3) is 2.18. The molecule has 1 N–H and O–H groups in total. The molecule has 0 unspecified atom stereocenters. The Morgan fingerprint density at radius 1 is 0.737 bits per heavy atom. The Bertz CT molecular complexity index is 682. The van der Waals surface area contributed by atoms with E-state index in [1.54, 1.807) is 30.9 Å². The molecular formula is C16H12N2O. The maximum atomic E-state index is 10.2. The average Bonchev–Trinajstić information content (AvgIpc) is 2.49. The Morgan fingerprint density at radius 2 is 1.42 bits per heavy atom. The standard InChI is InChI=1S/C16H12N2O/c19-15-7-1-6-14(12-4-2-8-17-10-12)16(15)13-5-3-9-18-11-13/h1-11,19H. The summed E-state index contributed by atoms with van der Waals surface area (Å²) in [5.74, 6) is 0.245. The molecule has 19 heavy (non-hydrogen) atoms. The van der Waals surface area contributed by atoms with Crippen LogP contribution in [0.3, 0.4) is 0 Å². The number of pyridine rings is 2. The molecule has 2 heterocycles. The maximum Gasteiger partial charge on any atom is 0.124 e. The highest BCUT2D eigenvalue weighted by molar-refractivity contribution is 5.86. The van der Waals surface area contributed by atoms with E-state index in [9.17, 15) is 5.11 Å². The Morgan fingerprint density at radius 3 is 2.05 bits per heavy atom. The van der Waals surface area contributed by atoms with Crippen molar-refractivity contribution >= 4 is 0 Å². The highest BCUT2D eigenvalue weighted by Crippen LogP contribution is 2.37. The van der Waals surface area contributed by atoms with Gasteiger partial charge in [0.1, 0.15) is 5.75 Å². The largest absolute Gasteiger partial charge is 0.507 e. The highest BCUT2D eigenvalue weighted by Gasteiger charge is 2.11. The minimum absolute atomic E-state index is 0.245. The molecule has 2 aromatic heterocycles. The van der Waals surface area contributed by atoms with Crippen molar-refractivity contribution in [1.82, 2.24) is 9.97 Å². The van der Waals surface area contributed by atoms with Crippen molar-refractivity contribution in [1.29, 1.82) is 0 Å². The molecule has 0 saturated heterocycles. The molecule has 0 bridgehead atoms. The first-order valence-corrected chi connectivity index (χ1v) is 5.99. The molecule has 0 saturated carbocycles. The van der Waals surface area contributed by atoms with Gasteiger partial charge < -0.3 is 5.11 Å². The number of phenolic OH excluding ortho intramolecular Hbond substituents is 1. The van der Waals surface area contributed by atoms with Gasteiger partial charge in [-0.25, -0.2) is 0 Å². The van der Waals surface area contributed by atoms with E-state index in [-0.39, 0.29) is 5.75 Å². The molecule has 0 fully saturated rings. The second kappa shape index (κ2) is 4.90. The van der Waals surface area contributed by atoms with E-state index in [1.165, 1.54) is 0 Å². The second-order valence-corrected chi connectivity index (χ2v) is 4.18. The van der Waals surface area contributed by atoms with Gasteiger partial charge in [0.2, 0.25) is 0 Å². The van der Waals surface area contributed by atoms with Crippen LogP contribution in [0.25, 0.3) is 22.3 Å². The first-order valence-electron chi connectivity index (χ1n) is 5.99. The Labute approximate surface area is 111 Å². The highest BCUT2D eigenvalue weighted by atomic mass is 16.3. The molecule has 0 aliphatic rings. The number of nitrogens with zero attached hydrogens (tertiary/aromatic N) is 2. The minimum Gasteiger partial charge on any atom is -0.507 e. The fourth-order valence-corrected chi connectivity index (χ4v) is 2.12. The van der Waals surface area contributed by atoms with Crippen LogP contribution in [-0.4, -0.2) is 15.1 Å². The smallest absolute Gasteiger partial charge is 0.124 e. The number of aromatic hydroxyl groups is 1. The van der Waals surface area contributed by atoms with Crippen LogP contribution in [0.1, 0.15) is 0 Å². The van der Waals surface area contributed by atoms with Crippen molar-refractivity contribution < 1.29 is 5.11 Å². The van der Waals surface area contributed by atoms with E-state index < -0.39 is 0 Å². The van der Waals surface area contributed by atoms with Crippen LogP contribution in [0.4, 0.5) is 0 Å². The summed E-state index contributed by atoms with van der Waals surface area (Å²) >= 11 is 0. The predicted octanol–water partition coefficient (Wildman–Crippen LogP) is 3.52. The van der Waals surface area contributed by atoms with Gasteiger partial charge in [-0.2, -0.15) is 0 Å². The van der Waals surface area contributed by atoms with Crippen LogP contribution in [0.5, 0.6) is 5.75 Å². The molecule has 0 aliphatic heterocycles. The van der Waals surface area contributed by atoms with E-state index in [1.807, 2.05) is 36.4 Å². The summed E-state index contributed by atoms with van der Waals surface area (Å²) < 4.78 is 0. The number of hydrogen-bond donors (Lipinski definition) is 1. The summed E-state index contributed by atoms with van der Waals surface area (Å²) in [5.41, 5.74) is 3.58. The lowest BCUT2D eigenvalue weighted by Crippen LogP contribution is -1.87. The molecule has 0 aliphatic carbocycles. The first kappa shape index (κ1) is 11.4. The SMILES string of the molecule is Oc1cccc(-c2cccnc2)c1-c1cccnc1. The van der Waals surface area contributed by atoms with Crippen molar-refractivity contribution in [3.8, 4) is 28.0 Å². The van der Waals surface area contributed by atoms with Gasteiger partial charge in [-0.3, -0.25) is 9.97 Å². The number of aromatic nitrogens is 2. The van der Waals surface area contributed by atoms with Crippen LogP contribution in [0, 0.1) is 0 Å². The lowest BCUT2D eigenvalue weighted by molar-refractivity contribution is 0.477. The summed E-state index contributed by atoms with van der Waals surface area (Å²) in [6, 6.07) is 13.1. The van der Waals surface area contributed by atoms with E-state index >= 15 is 0 Å². The third-order valence-corrected chi connectivity index (χ3v) is 2.97. The zero-order valence-electron chi connectivity index (χ0n) is 10.2. The quantitative estimate of drug-likeness (QED) is 0.754. The summed E-state index contributed by atoms with van der Waals surface area (Å²) in [4.78, 5) is 8.24. The van der Waals surface area contributed by atoms with Gasteiger partial charge in [-0.1, -0.05) is 24.3 Å². The van der Waals surface area contributed by atoms with E-state index in [2.05, 4.69) is 9.97 Å². The zero-order chi connectivity index (χ0) is 13.1. The average molecular weight is 248 g/mol. The van der Waals surface area contributed by atoms with Crippen LogP contribution in [0.15, 0.2) is 67.3 Å². The monoisotopic (exact) mass is 248 g/mol. The van der Waals surface area contributed by atoms with Gasteiger partial charge in [-0.05, 0) is 23.8 Å². The molecule has 0 spiro atoms. The van der Waals surface area contributed by atoms with Crippen LogP contribution in [-0.2, 0) is 0 Å². The van der Waals surface area contributed by atoms with Gasteiger partial charge in [0.05, 0.1) is 0 Å². The van der Waals surface area contributed by atoms with E-state index in [0.29, 0.717) is 0 Å². The number of rotatable bonds is 2.